The van der Waals surface area contributed by atoms with Gasteiger partial charge in [0.25, 0.3) is 0 Å². The van der Waals surface area contributed by atoms with Gasteiger partial charge in [-0.1, -0.05) is 13.0 Å². The highest BCUT2D eigenvalue weighted by Gasteiger charge is 2.58. The second-order valence-electron chi connectivity index (χ2n) is 10.9. The fourth-order valence-electron chi connectivity index (χ4n) is 7.14. The van der Waals surface area contributed by atoms with Crippen molar-refractivity contribution in [2.24, 2.45) is 17.3 Å². The van der Waals surface area contributed by atoms with Crippen molar-refractivity contribution in [3.8, 4) is 5.75 Å². The molecule has 3 aliphatic carbocycles. The molecule has 3 fully saturated rings. The van der Waals surface area contributed by atoms with E-state index in [4.69, 9.17) is 14.0 Å². The van der Waals surface area contributed by atoms with E-state index in [1.165, 1.54) is 0 Å². The molecule has 1 saturated heterocycles. The Labute approximate surface area is 213 Å². The van der Waals surface area contributed by atoms with Crippen molar-refractivity contribution in [3.05, 3.63) is 29.3 Å². The minimum atomic E-state index is -5.13. The number of ether oxygens (including phenoxy) is 2. The molecule has 1 heterocycles. The largest absolute Gasteiger partial charge is 0.479 e. The molecule has 0 amide bonds. The van der Waals surface area contributed by atoms with Gasteiger partial charge < -0.3 is 35.0 Å². The third kappa shape index (κ3) is 4.65. The first-order valence-electron chi connectivity index (χ1n) is 12.4. The maximum Gasteiger partial charge on any atom is 0.397 e. The van der Waals surface area contributed by atoms with Crippen LogP contribution in [-0.4, -0.2) is 87.4 Å². The van der Waals surface area contributed by atoms with Crippen LogP contribution in [-0.2, 0) is 30.5 Å². The molecule has 0 aromatic heterocycles. The predicted molar refractivity (Wildman–Crippen MR) is 124 cm³/mol. The summed E-state index contributed by atoms with van der Waals surface area (Å²) >= 11 is 0. The second-order valence-corrected chi connectivity index (χ2v) is 12.0. The molecule has 5 rings (SSSR count). The molecule has 0 spiro atoms. The van der Waals surface area contributed by atoms with Gasteiger partial charge in [-0.05, 0) is 78.5 Å². The summed E-state index contributed by atoms with van der Waals surface area (Å²) < 4.78 is 46.6. The van der Waals surface area contributed by atoms with E-state index in [1.807, 2.05) is 6.07 Å². The number of carboxylic acid groups (broad SMARTS) is 1. The second kappa shape index (κ2) is 9.42. The number of aliphatic carboxylic acids is 1. The topological polar surface area (TPSA) is 200 Å². The molecule has 37 heavy (non-hydrogen) atoms. The lowest BCUT2D eigenvalue weighted by molar-refractivity contribution is -0.266. The van der Waals surface area contributed by atoms with Gasteiger partial charge in [0.15, 0.2) is 6.10 Å². The number of hydrogen-bond acceptors (Lipinski definition) is 10. The minimum absolute atomic E-state index is 0.213. The maximum absolute atomic E-state index is 11.5. The number of rotatable bonds is 5. The molecule has 0 bridgehead atoms. The molecule has 0 radical (unpaired) electrons. The minimum Gasteiger partial charge on any atom is -0.479 e. The smallest absolute Gasteiger partial charge is 0.397 e. The van der Waals surface area contributed by atoms with E-state index in [9.17, 15) is 38.7 Å². The molecule has 11 atom stereocenters. The summed E-state index contributed by atoms with van der Waals surface area (Å²) in [5.74, 6) is -0.613. The molecule has 12 nitrogen and oxygen atoms in total. The summed E-state index contributed by atoms with van der Waals surface area (Å²) in [5, 5.41) is 51.0. The fraction of sp³-hybridized carbons (Fsp3) is 0.708. The van der Waals surface area contributed by atoms with Crippen LogP contribution in [0, 0.1) is 17.3 Å². The van der Waals surface area contributed by atoms with Crippen molar-refractivity contribution in [1.29, 1.82) is 0 Å². The van der Waals surface area contributed by atoms with Gasteiger partial charge in [-0.25, -0.2) is 8.98 Å². The van der Waals surface area contributed by atoms with Gasteiger partial charge >= 0.3 is 16.4 Å². The first-order chi connectivity index (χ1) is 17.3. The third-order valence-corrected chi connectivity index (χ3v) is 9.41. The number of aliphatic hydroxyl groups excluding tert-OH is 4. The molecule has 1 aromatic carbocycles. The Bertz CT molecular complexity index is 1160. The summed E-state index contributed by atoms with van der Waals surface area (Å²) in [6.45, 7) is 2.07. The monoisotopic (exact) mass is 544 g/mol. The first-order valence-corrected chi connectivity index (χ1v) is 13.7. The fourth-order valence-corrected chi connectivity index (χ4v) is 7.65. The number of fused-ring (bicyclic) bond motifs is 5. The van der Waals surface area contributed by atoms with Gasteiger partial charge in [0.2, 0.25) is 6.29 Å². The van der Waals surface area contributed by atoms with Crippen molar-refractivity contribution < 1.29 is 57.0 Å². The van der Waals surface area contributed by atoms with E-state index in [1.54, 1.807) is 12.1 Å². The number of aryl methyl sites for hydroxylation is 1. The van der Waals surface area contributed by atoms with E-state index in [0.717, 1.165) is 30.4 Å². The zero-order chi connectivity index (χ0) is 26.9. The summed E-state index contributed by atoms with van der Waals surface area (Å²) in [6, 6.07) is 5.30. The molecule has 13 heteroatoms. The Balaban J connectivity index is 1.36. The van der Waals surface area contributed by atoms with E-state index in [2.05, 4.69) is 11.1 Å². The highest BCUT2D eigenvalue weighted by molar-refractivity contribution is 7.80. The zero-order valence-electron chi connectivity index (χ0n) is 20.1. The number of aliphatic hydroxyl groups is 4. The molecule has 2 saturated carbocycles. The Morgan fingerprint density at radius 1 is 1.14 bits per heavy atom. The van der Waals surface area contributed by atoms with E-state index in [-0.39, 0.29) is 23.0 Å². The molecule has 6 N–H and O–H groups in total. The van der Waals surface area contributed by atoms with Crippen LogP contribution in [0.4, 0.5) is 0 Å². The molecule has 206 valence electrons. The third-order valence-electron chi connectivity index (χ3n) is 8.94. The summed E-state index contributed by atoms with van der Waals surface area (Å²) in [5.41, 5.74) is 1.84. The predicted octanol–water partition coefficient (Wildman–Crippen LogP) is -0.0275. The molecule has 1 aromatic rings. The summed E-state index contributed by atoms with van der Waals surface area (Å²) in [4.78, 5) is 11.5. The zero-order valence-corrected chi connectivity index (χ0v) is 20.9. The van der Waals surface area contributed by atoms with Crippen LogP contribution < -0.4 is 4.74 Å². The van der Waals surface area contributed by atoms with Crippen LogP contribution in [0.25, 0.3) is 0 Å². The van der Waals surface area contributed by atoms with Crippen LogP contribution in [0.5, 0.6) is 5.75 Å². The number of hydrogen-bond donors (Lipinski definition) is 6. The van der Waals surface area contributed by atoms with E-state index < -0.39 is 59.3 Å². The van der Waals surface area contributed by atoms with Gasteiger partial charge in [-0.15, -0.1) is 0 Å². The Morgan fingerprint density at radius 3 is 2.54 bits per heavy atom. The van der Waals surface area contributed by atoms with Gasteiger partial charge in [0.1, 0.15) is 24.1 Å². The summed E-state index contributed by atoms with van der Waals surface area (Å²) in [7, 11) is -5.13. The van der Waals surface area contributed by atoms with Gasteiger partial charge in [-0.3, -0.25) is 4.55 Å². The summed E-state index contributed by atoms with van der Waals surface area (Å²) in [6.07, 6.45) is -7.38. The van der Waals surface area contributed by atoms with Crippen LogP contribution in [0.2, 0.25) is 0 Å². The quantitative estimate of drug-likeness (QED) is 0.271. The van der Waals surface area contributed by atoms with Crippen LogP contribution in [0.3, 0.4) is 0 Å². The lowest BCUT2D eigenvalue weighted by atomic mass is 9.55. The Hall–Kier alpha value is -1.84. The molecular formula is C24H32O12S. The van der Waals surface area contributed by atoms with E-state index >= 15 is 0 Å². The van der Waals surface area contributed by atoms with Crippen LogP contribution >= 0.6 is 0 Å². The number of carbonyl (C=O) groups is 1. The van der Waals surface area contributed by atoms with Crippen molar-refractivity contribution in [2.75, 3.05) is 0 Å². The van der Waals surface area contributed by atoms with E-state index in [0.29, 0.717) is 18.8 Å². The number of benzene rings is 1. The lowest BCUT2D eigenvalue weighted by Gasteiger charge is -2.50. The van der Waals surface area contributed by atoms with Gasteiger partial charge in [-0.2, -0.15) is 8.42 Å². The van der Waals surface area contributed by atoms with Crippen molar-refractivity contribution >= 4 is 16.4 Å². The van der Waals surface area contributed by atoms with Crippen LogP contribution in [0.1, 0.15) is 49.7 Å². The molecular weight excluding hydrogens is 512 g/mol. The Morgan fingerprint density at radius 2 is 1.86 bits per heavy atom. The SMILES string of the molecule is C[C@]12CC[C@@H]3c4ccc(O[C@@H]5O[C@H](C(=O)O)[C@@H](O)[C@H](OS(=O)(=O)O)[C@H]5O)cc4CC[C@H]3[C@@H]1C[C@@H](O)[C@@H]2O. The van der Waals surface area contributed by atoms with Gasteiger partial charge in [0.05, 0.1) is 12.2 Å². The normalized spacial score (nSPS) is 43.4. The first kappa shape index (κ1) is 26.8. The van der Waals surface area contributed by atoms with Gasteiger partial charge in [0, 0.05) is 0 Å². The molecule has 1 aliphatic heterocycles. The lowest BCUT2D eigenvalue weighted by Crippen LogP contribution is -2.62. The average Bonchev–Trinajstić information content (AvgIpc) is 3.06. The maximum atomic E-state index is 11.5. The highest BCUT2D eigenvalue weighted by Crippen LogP contribution is 2.61. The molecule has 0 unspecified atom stereocenters. The van der Waals surface area contributed by atoms with Crippen molar-refractivity contribution in [2.45, 2.75) is 87.9 Å². The average molecular weight is 545 g/mol. The molecule has 4 aliphatic rings. The highest BCUT2D eigenvalue weighted by atomic mass is 32.3. The standard InChI is InChI=1S/C24H32O12S/c1-24-7-6-13-12-5-3-11(8-10(12)2-4-14(13)15(24)9-16(25)21(24)28)34-23-18(27)19(36-37(31,32)33)17(26)20(35-23)22(29)30/h3,5,8,13-21,23,25-28H,2,4,6-7,9H2,1H3,(H,29,30)(H,31,32,33)/t13-,14-,15+,16-,17+,18-,19+,20+,21+,23-,24+/m1/s1. The van der Waals surface area contributed by atoms with Crippen LogP contribution in [0.15, 0.2) is 18.2 Å². The Kier molecular flexibility index (Phi) is 6.81. The number of carboxylic acids is 1. The van der Waals surface area contributed by atoms with Crippen molar-refractivity contribution in [3.63, 3.8) is 0 Å². The van der Waals surface area contributed by atoms with Crippen molar-refractivity contribution in [1.82, 2.24) is 0 Å².